The number of rotatable bonds is 4. The molecule has 0 spiro atoms. The number of nitrogens with zero attached hydrogens (tertiary/aromatic N) is 4. The summed E-state index contributed by atoms with van der Waals surface area (Å²) in [5, 5.41) is 10.3. The van der Waals surface area contributed by atoms with Crippen molar-refractivity contribution in [2.24, 2.45) is 5.41 Å². The van der Waals surface area contributed by atoms with E-state index in [1.54, 1.807) is 6.92 Å². The van der Waals surface area contributed by atoms with Crippen LogP contribution in [0, 0.1) is 12.3 Å². The van der Waals surface area contributed by atoms with E-state index in [-0.39, 0.29) is 11.3 Å². The molecular weight excluding hydrogens is 368 g/mol. The van der Waals surface area contributed by atoms with E-state index >= 15 is 0 Å². The van der Waals surface area contributed by atoms with Crippen molar-refractivity contribution in [2.75, 3.05) is 6.54 Å². The van der Waals surface area contributed by atoms with Crippen LogP contribution in [-0.2, 0) is 13.1 Å². The van der Waals surface area contributed by atoms with Crippen molar-refractivity contribution < 1.29 is 9.32 Å². The van der Waals surface area contributed by atoms with Gasteiger partial charge in [0.1, 0.15) is 11.9 Å². The zero-order chi connectivity index (χ0) is 20.6. The molecule has 1 aliphatic heterocycles. The van der Waals surface area contributed by atoms with Crippen molar-refractivity contribution in [3.8, 4) is 11.4 Å². The van der Waals surface area contributed by atoms with Crippen LogP contribution in [0.15, 0.2) is 34.9 Å². The molecule has 0 radical (unpaired) electrons. The highest BCUT2D eigenvalue weighted by Gasteiger charge is 2.34. The summed E-state index contributed by atoms with van der Waals surface area (Å²) in [6.45, 7) is 10.0. The van der Waals surface area contributed by atoms with Crippen molar-refractivity contribution in [1.82, 2.24) is 30.3 Å². The van der Waals surface area contributed by atoms with Gasteiger partial charge in [-0.1, -0.05) is 56.3 Å². The SMILES string of the molecule is Cc1noc(C(NC(=O)c2nc(-c3ccccc3)n3c2CNCC3)C(C)(C)C)n1. The number of aryl methyl sites for hydroxylation is 1. The Morgan fingerprint density at radius 3 is 2.66 bits per heavy atom. The van der Waals surface area contributed by atoms with Gasteiger partial charge in [0.25, 0.3) is 5.91 Å². The number of aromatic nitrogens is 4. The topological polar surface area (TPSA) is 97.9 Å². The third kappa shape index (κ3) is 3.80. The Hall–Kier alpha value is -3.00. The third-order valence-electron chi connectivity index (χ3n) is 5.06. The first kappa shape index (κ1) is 19.3. The van der Waals surface area contributed by atoms with E-state index in [1.807, 2.05) is 51.1 Å². The highest BCUT2D eigenvalue weighted by atomic mass is 16.5. The van der Waals surface area contributed by atoms with E-state index in [0.29, 0.717) is 24.0 Å². The molecule has 1 atom stereocenters. The Morgan fingerprint density at radius 2 is 2.00 bits per heavy atom. The van der Waals surface area contributed by atoms with E-state index in [0.717, 1.165) is 30.2 Å². The summed E-state index contributed by atoms with van der Waals surface area (Å²) in [5.41, 5.74) is 2.01. The van der Waals surface area contributed by atoms with Crippen LogP contribution in [0.25, 0.3) is 11.4 Å². The Balaban J connectivity index is 1.70. The molecule has 2 aromatic heterocycles. The molecule has 1 aliphatic rings. The lowest BCUT2D eigenvalue weighted by atomic mass is 9.86. The minimum absolute atomic E-state index is 0.240. The summed E-state index contributed by atoms with van der Waals surface area (Å²) in [6, 6.07) is 9.53. The van der Waals surface area contributed by atoms with Crippen LogP contribution in [-0.4, -0.2) is 32.1 Å². The standard InChI is InChI=1S/C21H26N6O2/c1-13-23-20(29-26-13)17(21(2,3)4)25-19(28)16-15-12-22-10-11-27(15)18(24-16)14-8-6-5-7-9-14/h5-9,17,22H,10-12H2,1-4H3,(H,25,28). The molecule has 4 rings (SSSR count). The number of hydrogen-bond acceptors (Lipinski definition) is 6. The van der Waals surface area contributed by atoms with Gasteiger partial charge in [0.05, 0.1) is 5.69 Å². The maximum Gasteiger partial charge on any atom is 0.272 e. The fourth-order valence-electron chi connectivity index (χ4n) is 3.57. The lowest BCUT2D eigenvalue weighted by Crippen LogP contribution is -2.38. The molecule has 1 amide bonds. The summed E-state index contributed by atoms with van der Waals surface area (Å²) < 4.78 is 7.49. The Bertz CT molecular complexity index is 1020. The smallest absolute Gasteiger partial charge is 0.272 e. The van der Waals surface area contributed by atoms with Crippen LogP contribution in [0.1, 0.15) is 54.7 Å². The van der Waals surface area contributed by atoms with Gasteiger partial charge in [-0.05, 0) is 12.3 Å². The number of carbonyl (C=O) groups excluding carboxylic acids is 1. The maximum atomic E-state index is 13.3. The summed E-state index contributed by atoms with van der Waals surface area (Å²) in [7, 11) is 0. The van der Waals surface area contributed by atoms with Crippen LogP contribution in [0.2, 0.25) is 0 Å². The minimum Gasteiger partial charge on any atom is -0.338 e. The Labute approximate surface area is 169 Å². The molecule has 1 unspecified atom stereocenters. The average Bonchev–Trinajstić information content (AvgIpc) is 3.29. The van der Waals surface area contributed by atoms with Gasteiger partial charge in [-0.25, -0.2) is 4.98 Å². The van der Waals surface area contributed by atoms with Gasteiger partial charge >= 0.3 is 0 Å². The van der Waals surface area contributed by atoms with Crippen molar-refractivity contribution in [3.63, 3.8) is 0 Å². The van der Waals surface area contributed by atoms with Gasteiger partial charge in [-0.15, -0.1) is 0 Å². The molecule has 3 heterocycles. The fourth-order valence-corrected chi connectivity index (χ4v) is 3.57. The number of nitrogens with one attached hydrogen (secondary N) is 2. The second-order valence-corrected chi connectivity index (χ2v) is 8.38. The first-order chi connectivity index (χ1) is 13.8. The van der Waals surface area contributed by atoms with Crippen LogP contribution < -0.4 is 10.6 Å². The number of imidazole rings is 1. The molecule has 8 heteroatoms. The fraction of sp³-hybridized carbons (Fsp3) is 0.429. The predicted molar refractivity (Wildman–Crippen MR) is 108 cm³/mol. The molecule has 0 saturated carbocycles. The maximum absolute atomic E-state index is 13.3. The van der Waals surface area contributed by atoms with Gasteiger partial charge in [-0.2, -0.15) is 4.98 Å². The summed E-state index contributed by atoms with van der Waals surface area (Å²) >= 11 is 0. The lowest BCUT2D eigenvalue weighted by Gasteiger charge is -2.28. The second-order valence-electron chi connectivity index (χ2n) is 8.38. The quantitative estimate of drug-likeness (QED) is 0.706. The first-order valence-electron chi connectivity index (χ1n) is 9.81. The van der Waals surface area contributed by atoms with Crippen molar-refractivity contribution in [3.05, 3.63) is 53.4 Å². The highest BCUT2D eigenvalue weighted by molar-refractivity contribution is 5.94. The molecule has 0 aliphatic carbocycles. The van der Waals surface area contributed by atoms with Crippen molar-refractivity contribution in [1.29, 1.82) is 0 Å². The average molecular weight is 394 g/mol. The number of amides is 1. The molecule has 3 aromatic rings. The van der Waals surface area contributed by atoms with Gasteiger partial charge in [0, 0.05) is 25.2 Å². The van der Waals surface area contributed by atoms with E-state index < -0.39 is 6.04 Å². The zero-order valence-electron chi connectivity index (χ0n) is 17.2. The zero-order valence-corrected chi connectivity index (χ0v) is 17.2. The number of benzene rings is 1. The first-order valence-corrected chi connectivity index (χ1v) is 9.81. The molecule has 29 heavy (non-hydrogen) atoms. The van der Waals surface area contributed by atoms with Crippen LogP contribution in [0.4, 0.5) is 0 Å². The molecule has 8 nitrogen and oxygen atoms in total. The molecule has 1 aromatic carbocycles. The minimum atomic E-state index is -0.426. The van der Waals surface area contributed by atoms with Crippen LogP contribution >= 0.6 is 0 Å². The Morgan fingerprint density at radius 1 is 1.24 bits per heavy atom. The number of fused-ring (bicyclic) bond motifs is 1. The van der Waals surface area contributed by atoms with Gasteiger partial charge in [0.15, 0.2) is 11.5 Å². The van der Waals surface area contributed by atoms with Gasteiger partial charge in [0.2, 0.25) is 5.89 Å². The second kappa shape index (κ2) is 7.44. The Kier molecular flexibility index (Phi) is 4.96. The van der Waals surface area contributed by atoms with Gasteiger partial charge < -0.3 is 19.7 Å². The van der Waals surface area contributed by atoms with E-state index in [2.05, 4.69) is 25.3 Å². The van der Waals surface area contributed by atoms with Gasteiger partial charge in [-0.3, -0.25) is 4.79 Å². The molecule has 0 saturated heterocycles. The third-order valence-corrected chi connectivity index (χ3v) is 5.06. The summed E-state index contributed by atoms with van der Waals surface area (Å²) in [5.74, 6) is 1.51. The molecule has 152 valence electrons. The summed E-state index contributed by atoms with van der Waals surface area (Å²) in [6.07, 6.45) is 0. The molecule has 0 bridgehead atoms. The predicted octanol–water partition coefficient (Wildman–Crippen LogP) is 2.86. The monoisotopic (exact) mass is 394 g/mol. The van der Waals surface area contributed by atoms with Crippen molar-refractivity contribution in [2.45, 2.75) is 46.8 Å². The molecule has 0 fully saturated rings. The van der Waals surface area contributed by atoms with E-state index in [9.17, 15) is 4.79 Å². The number of hydrogen-bond donors (Lipinski definition) is 2. The van der Waals surface area contributed by atoms with Crippen LogP contribution in [0.5, 0.6) is 0 Å². The van der Waals surface area contributed by atoms with E-state index in [1.165, 1.54) is 0 Å². The highest BCUT2D eigenvalue weighted by Crippen LogP contribution is 2.32. The van der Waals surface area contributed by atoms with Crippen LogP contribution in [0.3, 0.4) is 0 Å². The summed E-state index contributed by atoms with van der Waals surface area (Å²) in [4.78, 5) is 22.4. The molecule has 2 N–H and O–H groups in total. The largest absolute Gasteiger partial charge is 0.338 e. The normalized spacial score (nSPS) is 15.0. The number of carbonyl (C=O) groups is 1. The van der Waals surface area contributed by atoms with Crippen molar-refractivity contribution >= 4 is 5.91 Å². The molecular formula is C21H26N6O2. The lowest BCUT2D eigenvalue weighted by molar-refractivity contribution is 0.0874. The van der Waals surface area contributed by atoms with E-state index in [4.69, 9.17) is 9.51 Å².